The molecule has 98 valence electrons. The van der Waals surface area contributed by atoms with Gasteiger partial charge in [-0.15, -0.1) is 0 Å². The number of nitrogens with one attached hydrogen (secondary N) is 1. The number of rotatable bonds is 9. The highest BCUT2D eigenvalue weighted by Gasteiger charge is 2.07. The molecule has 0 amide bonds. The smallest absolute Gasteiger partial charge is 0.103 e. The molecular weight excluding hydrogens is 210 g/mol. The molecule has 0 saturated heterocycles. The Kier molecular flexibility index (Phi) is 7.02. The van der Waals surface area contributed by atoms with Crippen molar-refractivity contribution in [3.8, 4) is 0 Å². The quantitative estimate of drug-likeness (QED) is 0.652. The van der Waals surface area contributed by atoms with Crippen LogP contribution < -0.4 is 5.32 Å². The minimum absolute atomic E-state index is 0.566. The van der Waals surface area contributed by atoms with Gasteiger partial charge in [0.1, 0.15) is 5.76 Å². The minimum Gasteiger partial charge on any atom is -0.469 e. The summed E-state index contributed by atoms with van der Waals surface area (Å²) >= 11 is 0. The van der Waals surface area contributed by atoms with E-state index in [2.05, 4.69) is 32.2 Å². The van der Waals surface area contributed by atoms with Gasteiger partial charge < -0.3 is 9.73 Å². The van der Waals surface area contributed by atoms with Crippen LogP contribution in [-0.4, -0.2) is 12.1 Å². The summed E-state index contributed by atoms with van der Waals surface area (Å²) in [5.74, 6) is 1.09. The van der Waals surface area contributed by atoms with Gasteiger partial charge in [-0.1, -0.05) is 26.2 Å². The molecule has 0 bridgehead atoms. The molecule has 2 atom stereocenters. The van der Waals surface area contributed by atoms with E-state index < -0.39 is 0 Å². The third kappa shape index (κ3) is 6.52. The van der Waals surface area contributed by atoms with Crippen molar-refractivity contribution in [2.75, 3.05) is 0 Å². The number of aryl methyl sites for hydroxylation is 1. The maximum Gasteiger partial charge on any atom is 0.103 e. The fourth-order valence-electron chi connectivity index (χ4n) is 2.17. The largest absolute Gasteiger partial charge is 0.469 e. The molecule has 2 unspecified atom stereocenters. The van der Waals surface area contributed by atoms with Crippen molar-refractivity contribution in [1.29, 1.82) is 0 Å². The van der Waals surface area contributed by atoms with Gasteiger partial charge in [-0.3, -0.25) is 0 Å². The molecule has 17 heavy (non-hydrogen) atoms. The molecule has 0 aliphatic heterocycles. The first-order valence-electron chi connectivity index (χ1n) is 7.00. The van der Waals surface area contributed by atoms with Crippen LogP contribution >= 0.6 is 0 Å². The molecule has 0 aliphatic rings. The van der Waals surface area contributed by atoms with Crippen LogP contribution in [0.1, 0.15) is 58.6 Å². The van der Waals surface area contributed by atoms with Gasteiger partial charge in [-0.05, 0) is 38.8 Å². The van der Waals surface area contributed by atoms with Crippen molar-refractivity contribution < 1.29 is 4.42 Å². The van der Waals surface area contributed by atoms with Crippen molar-refractivity contribution in [2.45, 2.75) is 71.4 Å². The predicted octanol–water partition coefficient (Wildman–Crippen LogP) is 4.16. The fourth-order valence-corrected chi connectivity index (χ4v) is 2.17. The van der Waals surface area contributed by atoms with Crippen LogP contribution in [0.5, 0.6) is 0 Å². The Morgan fingerprint density at radius 2 is 1.94 bits per heavy atom. The predicted molar refractivity (Wildman–Crippen MR) is 73.2 cm³/mol. The van der Waals surface area contributed by atoms with E-state index in [9.17, 15) is 0 Å². The van der Waals surface area contributed by atoms with Gasteiger partial charge in [-0.2, -0.15) is 0 Å². The molecule has 1 aromatic heterocycles. The minimum atomic E-state index is 0.566. The molecule has 0 spiro atoms. The van der Waals surface area contributed by atoms with Crippen molar-refractivity contribution in [3.63, 3.8) is 0 Å². The summed E-state index contributed by atoms with van der Waals surface area (Å²) in [5.41, 5.74) is 0. The summed E-state index contributed by atoms with van der Waals surface area (Å²) in [5, 5.41) is 3.66. The molecule has 0 aliphatic carbocycles. The van der Waals surface area contributed by atoms with Crippen LogP contribution in [0.25, 0.3) is 0 Å². The molecule has 0 fully saturated rings. The van der Waals surface area contributed by atoms with Crippen LogP contribution in [0.3, 0.4) is 0 Å². The Labute approximate surface area is 106 Å². The molecule has 0 aromatic carbocycles. The van der Waals surface area contributed by atoms with E-state index >= 15 is 0 Å². The zero-order chi connectivity index (χ0) is 12.5. The monoisotopic (exact) mass is 237 g/mol. The molecule has 0 saturated carbocycles. The molecule has 2 heteroatoms. The van der Waals surface area contributed by atoms with Gasteiger partial charge >= 0.3 is 0 Å². The highest BCUT2D eigenvalue weighted by molar-refractivity contribution is 4.98. The second kappa shape index (κ2) is 8.35. The topological polar surface area (TPSA) is 25.2 Å². The van der Waals surface area contributed by atoms with E-state index in [1.807, 2.05) is 6.07 Å². The summed E-state index contributed by atoms with van der Waals surface area (Å²) in [4.78, 5) is 0. The number of unbranched alkanes of at least 4 members (excludes halogenated alkanes) is 2. The highest BCUT2D eigenvalue weighted by atomic mass is 16.3. The van der Waals surface area contributed by atoms with Crippen molar-refractivity contribution in [3.05, 3.63) is 24.2 Å². The Balaban J connectivity index is 2.09. The first-order valence-corrected chi connectivity index (χ1v) is 7.00. The summed E-state index contributed by atoms with van der Waals surface area (Å²) < 4.78 is 5.34. The van der Waals surface area contributed by atoms with Crippen molar-refractivity contribution in [1.82, 2.24) is 5.32 Å². The normalized spacial score (nSPS) is 14.8. The average molecular weight is 237 g/mol. The fraction of sp³-hybridized carbons (Fsp3) is 0.733. The third-order valence-electron chi connectivity index (χ3n) is 3.21. The molecule has 2 nitrogen and oxygen atoms in total. The van der Waals surface area contributed by atoms with Gasteiger partial charge in [0.25, 0.3) is 0 Å². The van der Waals surface area contributed by atoms with Crippen molar-refractivity contribution in [2.24, 2.45) is 0 Å². The van der Waals surface area contributed by atoms with Crippen LogP contribution in [0.15, 0.2) is 22.8 Å². The molecular formula is C15H27NO. The summed E-state index contributed by atoms with van der Waals surface area (Å²) in [6.45, 7) is 6.81. The zero-order valence-corrected chi connectivity index (χ0v) is 11.5. The number of hydrogen-bond acceptors (Lipinski definition) is 2. The van der Waals surface area contributed by atoms with Crippen LogP contribution in [0.2, 0.25) is 0 Å². The highest BCUT2D eigenvalue weighted by Crippen LogP contribution is 2.08. The molecule has 0 radical (unpaired) electrons. The van der Waals surface area contributed by atoms with Crippen LogP contribution in [0, 0.1) is 0 Å². The van der Waals surface area contributed by atoms with E-state index in [0.717, 1.165) is 18.6 Å². The van der Waals surface area contributed by atoms with Gasteiger partial charge in [0.2, 0.25) is 0 Å². The zero-order valence-electron chi connectivity index (χ0n) is 11.5. The SMILES string of the molecule is CCCCCC(C)NC(C)CCc1ccco1. The van der Waals surface area contributed by atoms with Gasteiger partial charge in [-0.25, -0.2) is 0 Å². The third-order valence-corrected chi connectivity index (χ3v) is 3.21. The maximum absolute atomic E-state index is 5.34. The van der Waals surface area contributed by atoms with Gasteiger partial charge in [0.15, 0.2) is 0 Å². The first-order chi connectivity index (χ1) is 8.22. The van der Waals surface area contributed by atoms with Gasteiger partial charge in [0.05, 0.1) is 6.26 Å². The Morgan fingerprint density at radius 3 is 2.59 bits per heavy atom. The van der Waals surface area contributed by atoms with Crippen LogP contribution in [0.4, 0.5) is 0 Å². The van der Waals surface area contributed by atoms with E-state index in [1.165, 1.54) is 25.7 Å². The maximum atomic E-state index is 5.34. The van der Waals surface area contributed by atoms with E-state index in [1.54, 1.807) is 6.26 Å². The van der Waals surface area contributed by atoms with E-state index in [4.69, 9.17) is 4.42 Å². The van der Waals surface area contributed by atoms with Gasteiger partial charge in [0, 0.05) is 18.5 Å². The van der Waals surface area contributed by atoms with Crippen LogP contribution in [-0.2, 0) is 6.42 Å². The Bertz CT molecular complexity index is 268. The number of hydrogen-bond donors (Lipinski definition) is 1. The standard InChI is InChI=1S/C15H27NO/c1-4-5-6-8-13(2)16-14(3)10-11-15-9-7-12-17-15/h7,9,12-14,16H,4-6,8,10-11H2,1-3H3. The summed E-state index contributed by atoms with van der Waals surface area (Å²) in [6.07, 6.45) is 9.22. The lowest BCUT2D eigenvalue weighted by molar-refractivity contribution is 0.404. The average Bonchev–Trinajstić information content (AvgIpc) is 2.79. The Hall–Kier alpha value is -0.760. The summed E-state index contributed by atoms with van der Waals surface area (Å²) in [7, 11) is 0. The lowest BCUT2D eigenvalue weighted by Crippen LogP contribution is -2.34. The lowest BCUT2D eigenvalue weighted by atomic mass is 10.1. The molecule has 1 rings (SSSR count). The lowest BCUT2D eigenvalue weighted by Gasteiger charge is -2.19. The Morgan fingerprint density at radius 1 is 1.18 bits per heavy atom. The molecule has 1 aromatic rings. The number of furan rings is 1. The van der Waals surface area contributed by atoms with Crippen molar-refractivity contribution >= 4 is 0 Å². The first kappa shape index (κ1) is 14.3. The second-order valence-electron chi connectivity index (χ2n) is 5.08. The van der Waals surface area contributed by atoms with E-state index in [0.29, 0.717) is 12.1 Å². The van der Waals surface area contributed by atoms with E-state index in [-0.39, 0.29) is 0 Å². The second-order valence-corrected chi connectivity index (χ2v) is 5.08. The molecule has 1 N–H and O–H groups in total. The molecule has 1 heterocycles. The summed E-state index contributed by atoms with van der Waals surface area (Å²) in [6, 6.07) is 5.21.